The molecular formula is C17H20N6O. The predicted molar refractivity (Wildman–Crippen MR) is 91.3 cm³/mol. The average molecular weight is 324 g/mol. The van der Waals surface area contributed by atoms with Gasteiger partial charge in [-0.15, -0.1) is 0 Å². The van der Waals surface area contributed by atoms with E-state index in [0.717, 1.165) is 18.4 Å². The molecule has 1 fully saturated rings. The first-order valence-corrected chi connectivity index (χ1v) is 7.98. The Kier molecular flexibility index (Phi) is 4.58. The van der Waals surface area contributed by atoms with Crippen molar-refractivity contribution in [3.63, 3.8) is 0 Å². The maximum atomic E-state index is 9.78. The van der Waals surface area contributed by atoms with Crippen molar-refractivity contribution in [1.82, 2.24) is 9.78 Å². The molecule has 1 aromatic heterocycles. The zero-order chi connectivity index (χ0) is 17.1. The molecule has 3 unspecified atom stereocenters. The topological polar surface area (TPSA) is 124 Å². The van der Waals surface area contributed by atoms with Crippen LogP contribution in [0.15, 0.2) is 35.2 Å². The zero-order valence-corrected chi connectivity index (χ0v) is 13.3. The van der Waals surface area contributed by atoms with Crippen LogP contribution in [0.2, 0.25) is 0 Å². The third kappa shape index (κ3) is 3.01. The summed E-state index contributed by atoms with van der Waals surface area (Å²) in [6, 6.07) is 2.16. The van der Waals surface area contributed by atoms with Crippen LogP contribution in [-0.2, 0) is 0 Å². The van der Waals surface area contributed by atoms with Crippen LogP contribution in [0, 0.1) is 22.7 Å². The number of rotatable bonds is 5. The Morgan fingerprint density at radius 3 is 3.00 bits per heavy atom. The fourth-order valence-corrected chi connectivity index (χ4v) is 3.46. The number of amidine groups is 1. The standard InChI is InChI=1S/C17H20N6O/c18-5-3-16(11-1-2-13(24)7-11)23-10-12(9-22-23)15(8-19)14-4-6-21-17(14)20/h4,6,8-11,13,16,19,24H,1-3,7H2,(H2,20,21)/b15-14+,19-8?. The molecule has 1 aliphatic carbocycles. The molecule has 7 heteroatoms. The molecule has 124 valence electrons. The lowest BCUT2D eigenvalue weighted by atomic mass is 9.95. The second kappa shape index (κ2) is 6.81. The van der Waals surface area contributed by atoms with Gasteiger partial charge in [0.2, 0.25) is 0 Å². The summed E-state index contributed by atoms with van der Waals surface area (Å²) >= 11 is 0. The average Bonchev–Trinajstić information content (AvgIpc) is 3.29. The van der Waals surface area contributed by atoms with Gasteiger partial charge in [-0.3, -0.25) is 4.68 Å². The third-order valence-electron chi connectivity index (χ3n) is 4.71. The van der Waals surface area contributed by atoms with Gasteiger partial charge in [-0.2, -0.15) is 10.4 Å². The number of nitriles is 1. The minimum atomic E-state index is -0.287. The summed E-state index contributed by atoms with van der Waals surface area (Å²) in [6.45, 7) is 0. The van der Waals surface area contributed by atoms with Crippen LogP contribution >= 0.6 is 0 Å². The van der Waals surface area contributed by atoms with Crippen molar-refractivity contribution < 1.29 is 5.11 Å². The SMILES string of the molecule is N#CCC(C1CCC(O)C1)n1cc(/C(C=N)=C2\C=CN=C2N)cn1. The Morgan fingerprint density at radius 2 is 2.42 bits per heavy atom. The second-order valence-electron chi connectivity index (χ2n) is 6.17. The predicted octanol–water partition coefficient (Wildman–Crippen LogP) is 1.79. The van der Waals surface area contributed by atoms with Crippen molar-refractivity contribution in [3.8, 4) is 6.07 Å². The number of aromatic nitrogens is 2. The molecule has 0 spiro atoms. The molecule has 0 amide bonds. The fourth-order valence-electron chi connectivity index (χ4n) is 3.46. The molecule has 2 heterocycles. The van der Waals surface area contributed by atoms with E-state index in [4.69, 9.17) is 16.4 Å². The minimum absolute atomic E-state index is 0.0667. The van der Waals surface area contributed by atoms with Crippen molar-refractivity contribution in [2.75, 3.05) is 0 Å². The van der Waals surface area contributed by atoms with Gasteiger partial charge in [0.15, 0.2) is 0 Å². The zero-order valence-electron chi connectivity index (χ0n) is 13.3. The van der Waals surface area contributed by atoms with E-state index >= 15 is 0 Å². The van der Waals surface area contributed by atoms with Crippen molar-refractivity contribution in [3.05, 3.63) is 35.8 Å². The number of hydrogen-bond donors (Lipinski definition) is 3. The summed E-state index contributed by atoms with van der Waals surface area (Å²) in [6.07, 6.45) is 10.6. The highest BCUT2D eigenvalue weighted by atomic mass is 16.3. The molecule has 1 aromatic rings. The molecule has 2 aliphatic rings. The smallest absolute Gasteiger partial charge is 0.131 e. The maximum absolute atomic E-state index is 9.78. The highest BCUT2D eigenvalue weighted by Crippen LogP contribution is 2.36. The molecule has 0 radical (unpaired) electrons. The molecule has 3 rings (SSSR count). The summed E-state index contributed by atoms with van der Waals surface area (Å²) in [5.41, 5.74) is 7.98. The van der Waals surface area contributed by atoms with E-state index < -0.39 is 0 Å². The van der Waals surface area contributed by atoms with Crippen molar-refractivity contribution >= 4 is 17.6 Å². The van der Waals surface area contributed by atoms with Gasteiger partial charge in [-0.05, 0) is 31.3 Å². The number of hydrogen-bond acceptors (Lipinski definition) is 6. The van der Waals surface area contributed by atoms with E-state index in [1.807, 2.05) is 6.20 Å². The van der Waals surface area contributed by atoms with Gasteiger partial charge in [-0.25, -0.2) is 4.99 Å². The highest BCUT2D eigenvalue weighted by molar-refractivity contribution is 6.21. The van der Waals surface area contributed by atoms with Crippen molar-refractivity contribution in [1.29, 1.82) is 10.7 Å². The quantitative estimate of drug-likeness (QED) is 0.714. The van der Waals surface area contributed by atoms with Crippen molar-refractivity contribution in [2.24, 2.45) is 16.6 Å². The molecule has 0 saturated heterocycles. The highest BCUT2D eigenvalue weighted by Gasteiger charge is 2.31. The van der Waals surface area contributed by atoms with E-state index in [2.05, 4.69) is 16.2 Å². The lowest BCUT2D eigenvalue weighted by Crippen LogP contribution is -2.18. The van der Waals surface area contributed by atoms with Crippen LogP contribution in [0.5, 0.6) is 0 Å². The second-order valence-corrected chi connectivity index (χ2v) is 6.17. The third-order valence-corrected chi connectivity index (χ3v) is 4.71. The first-order chi connectivity index (χ1) is 11.6. The summed E-state index contributed by atoms with van der Waals surface area (Å²) in [5, 5.41) is 31.0. The van der Waals surface area contributed by atoms with Gasteiger partial charge >= 0.3 is 0 Å². The number of nitrogens with one attached hydrogen (secondary N) is 1. The lowest BCUT2D eigenvalue weighted by molar-refractivity contribution is 0.170. The number of nitrogens with zero attached hydrogens (tertiary/aromatic N) is 4. The van der Waals surface area contributed by atoms with Crippen LogP contribution in [0.3, 0.4) is 0 Å². The Balaban J connectivity index is 1.91. The van der Waals surface area contributed by atoms with Crippen LogP contribution in [0.25, 0.3) is 5.57 Å². The molecule has 0 bridgehead atoms. The van der Waals surface area contributed by atoms with Crippen LogP contribution in [0.4, 0.5) is 0 Å². The van der Waals surface area contributed by atoms with Gasteiger partial charge in [0.25, 0.3) is 0 Å². The van der Waals surface area contributed by atoms with Crippen LogP contribution in [-0.4, -0.2) is 33.0 Å². The molecule has 3 atom stereocenters. The molecule has 1 aliphatic heterocycles. The van der Waals surface area contributed by atoms with Gasteiger partial charge in [-0.1, -0.05) is 0 Å². The number of aliphatic hydroxyl groups excluding tert-OH is 1. The number of aliphatic imine (C=N–C) groups is 1. The number of nitrogens with two attached hydrogens (primary N) is 1. The molecule has 4 N–H and O–H groups in total. The van der Waals surface area contributed by atoms with E-state index in [1.165, 1.54) is 6.21 Å². The van der Waals surface area contributed by atoms with Crippen LogP contribution < -0.4 is 5.73 Å². The van der Waals surface area contributed by atoms with Gasteiger partial charge < -0.3 is 16.2 Å². The van der Waals surface area contributed by atoms with Gasteiger partial charge in [0.05, 0.1) is 30.8 Å². The Hall–Kier alpha value is -2.72. The van der Waals surface area contributed by atoms with Gasteiger partial charge in [0, 0.05) is 35.3 Å². The van der Waals surface area contributed by atoms with Crippen LogP contribution in [0.1, 0.15) is 37.3 Å². The number of allylic oxidation sites excluding steroid dienone is 1. The summed E-state index contributed by atoms with van der Waals surface area (Å²) in [7, 11) is 0. The molecule has 24 heavy (non-hydrogen) atoms. The fraction of sp³-hybridized carbons (Fsp3) is 0.412. The molecule has 1 saturated carbocycles. The van der Waals surface area contributed by atoms with E-state index in [-0.39, 0.29) is 18.1 Å². The first kappa shape index (κ1) is 16.1. The number of aliphatic hydroxyl groups is 1. The monoisotopic (exact) mass is 324 g/mol. The maximum Gasteiger partial charge on any atom is 0.131 e. The minimum Gasteiger partial charge on any atom is -0.393 e. The summed E-state index contributed by atoms with van der Waals surface area (Å²) in [5.74, 6) is 0.621. The van der Waals surface area contributed by atoms with E-state index in [0.29, 0.717) is 29.8 Å². The van der Waals surface area contributed by atoms with Crippen molar-refractivity contribution in [2.45, 2.75) is 37.8 Å². The summed E-state index contributed by atoms with van der Waals surface area (Å²) < 4.78 is 1.79. The Morgan fingerprint density at radius 1 is 1.58 bits per heavy atom. The Labute approximate surface area is 140 Å². The largest absolute Gasteiger partial charge is 0.393 e. The first-order valence-electron chi connectivity index (χ1n) is 7.98. The lowest BCUT2D eigenvalue weighted by Gasteiger charge is -2.21. The molecule has 0 aromatic carbocycles. The Bertz CT molecular complexity index is 766. The molecular weight excluding hydrogens is 304 g/mol. The van der Waals surface area contributed by atoms with Gasteiger partial charge in [0.1, 0.15) is 5.84 Å². The van der Waals surface area contributed by atoms with E-state index in [9.17, 15) is 5.11 Å². The van der Waals surface area contributed by atoms with E-state index in [1.54, 1.807) is 23.2 Å². The normalized spacial score (nSPS) is 26.1. The summed E-state index contributed by atoms with van der Waals surface area (Å²) in [4.78, 5) is 4.01. The molecule has 7 nitrogen and oxygen atoms in total.